The Morgan fingerprint density at radius 2 is 2.24 bits per heavy atom. The summed E-state index contributed by atoms with van der Waals surface area (Å²) in [6.45, 7) is 3.21. The van der Waals surface area contributed by atoms with Crippen molar-refractivity contribution in [2.45, 2.75) is 13.8 Å². The number of nitro benzene ring substituents is 1. The number of hydrogen-bond acceptors (Lipinski definition) is 5. The van der Waals surface area contributed by atoms with E-state index in [1.165, 1.54) is 13.0 Å². The second-order valence-corrected chi connectivity index (χ2v) is 3.22. The van der Waals surface area contributed by atoms with Crippen LogP contribution >= 0.6 is 0 Å². The molecule has 88 valence electrons. The first kappa shape index (κ1) is 12.6. The summed E-state index contributed by atoms with van der Waals surface area (Å²) >= 11 is 0. The summed E-state index contributed by atoms with van der Waals surface area (Å²) in [4.78, 5) is 21.8. The van der Waals surface area contributed by atoms with E-state index >= 15 is 0 Å². The summed E-state index contributed by atoms with van der Waals surface area (Å²) in [6.07, 6.45) is 0. The van der Waals surface area contributed by atoms with Crippen molar-refractivity contribution in [1.82, 2.24) is 0 Å². The van der Waals surface area contributed by atoms with Crippen molar-refractivity contribution in [2.75, 3.05) is 6.61 Å². The maximum Gasteiger partial charge on any atom is 0.345 e. The molecule has 6 heteroatoms. The van der Waals surface area contributed by atoms with Crippen molar-refractivity contribution in [3.8, 4) is 6.07 Å². The largest absolute Gasteiger partial charge is 0.462 e. The molecule has 6 nitrogen and oxygen atoms in total. The van der Waals surface area contributed by atoms with Crippen molar-refractivity contribution < 1.29 is 14.5 Å². The third-order valence-corrected chi connectivity index (χ3v) is 2.24. The van der Waals surface area contributed by atoms with Crippen LogP contribution in [0, 0.1) is 28.4 Å². The van der Waals surface area contributed by atoms with Gasteiger partial charge < -0.3 is 4.74 Å². The molecule has 0 radical (unpaired) electrons. The van der Waals surface area contributed by atoms with Gasteiger partial charge in [0.05, 0.1) is 23.2 Å². The first-order valence-electron chi connectivity index (χ1n) is 4.88. The Hall–Kier alpha value is -2.42. The summed E-state index contributed by atoms with van der Waals surface area (Å²) in [6, 6.07) is 4.32. The molecule has 1 aromatic rings. The highest BCUT2D eigenvalue weighted by atomic mass is 16.6. The van der Waals surface area contributed by atoms with Gasteiger partial charge >= 0.3 is 5.97 Å². The lowest BCUT2D eigenvalue weighted by atomic mass is 10.0. The number of rotatable bonds is 3. The molecule has 1 rings (SSSR count). The zero-order valence-electron chi connectivity index (χ0n) is 9.39. The van der Waals surface area contributed by atoms with Gasteiger partial charge in [-0.3, -0.25) is 10.1 Å². The van der Waals surface area contributed by atoms with E-state index in [9.17, 15) is 14.9 Å². The van der Waals surface area contributed by atoms with Gasteiger partial charge in [-0.15, -0.1) is 0 Å². The Balaban J connectivity index is 3.46. The molecule has 0 N–H and O–H groups in total. The van der Waals surface area contributed by atoms with Gasteiger partial charge in [0.15, 0.2) is 0 Å². The summed E-state index contributed by atoms with van der Waals surface area (Å²) in [5.41, 5.74) is -0.0188. The van der Waals surface area contributed by atoms with Gasteiger partial charge in [0.25, 0.3) is 5.69 Å². The molecule has 0 saturated carbocycles. The van der Waals surface area contributed by atoms with Gasteiger partial charge in [0, 0.05) is 6.07 Å². The molecule has 0 aromatic heterocycles. The Bertz CT molecular complexity index is 517. The molecule has 0 bridgehead atoms. The first-order chi connectivity index (χ1) is 8.02. The minimum Gasteiger partial charge on any atom is -0.462 e. The maximum absolute atomic E-state index is 11.6. The Kier molecular flexibility index (Phi) is 3.78. The highest BCUT2D eigenvalue weighted by Crippen LogP contribution is 2.25. The zero-order valence-corrected chi connectivity index (χ0v) is 9.39. The van der Waals surface area contributed by atoms with E-state index in [0.717, 1.165) is 6.07 Å². The minimum absolute atomic E-state index is 0.117. The summed E-state index contributed by atoms with van der Waals surface area (Å²) < 4.78 is 4.75. The number of benzene rings is 1. The topological polar surface area (TPSA) is 93.2 Å². The van der Waals surface area contributed by atoms with Crippen molar-refractivity contribution in [2.24, 2.45) is 0 Å². The van der Waals surface area contributed by atoms with Crippen LogP contribution in [0.15, 0.2) is 12.1 Å². The molecule has 0 spiro atoms. The fourth-order valence-electron chi connectivity index (χ4n) is 1.43. The van der Waals surface area contributed by atoms with Crippen LogP contribution in [0.5, 0.6) is 0 Å². The number of ether oxygens (including phenoxy) is 1. The van der Waals surface area contributed by atoms with E-state index in [1.807, 2.05) is 6.07 Å². The third-order valence-electron chi connectivity index (χ3n) is 2.24. The van der Waals surface area contributed by atoms with Crippen LogP contribution in [0.1, 0.15) is 28.4 Å². The maximum atomic E-state index is 11.6. The standard InChI is InChI=1S/C11H10N2O4/c1-3-17-11(14)10-7(2)8(6-12)4-5-9(10)13(15)16/h4-5H,3H2,1-2H3. The molecule has 0 saturated heterocycles. The van der Waals surface area contributed by atoms with E-state index in [1.54, 1.807) is 6.92 Å². The molecule has 0 aliphatic carbocycles. The van der Waals surface area contributed by atoms with Crippen LogP contribution in [0.4, 0.5) is 5.69 Å². The van der Waals surface area contributed by atoms with Crippen molar-refractivity contribution in [3.05, 3.63) is 38.9 Å². The number of nitrogens with zero attached hydrogens (tertiary/aromatic N) is 2. The predicted octanol–water partition coefficient (Wildman–Crippen LogP) is 1.95. The monoisotopic (exact) mass is 234 g/mol. The predicted molar refractivity (Wildman–Crippen MR) is 58.5 cm³/mol. The molecule has 0 aliphatic rings. The van der Waals surface area contributed by atoms with Crippen LogP contribution in [-0.2, 0) is 4.74 Å². The van der Waals surface area contributed by atoms with Crippen LogP contribution < -0.4 is 0 Å². The average molecular weight is 234 g/mol. The van der Waals surface area contributed by atoms with Gasteiger partial charge in [-0.2, -0.15) is 5.26 Å². The van der Waals surface area contributed by atoms with Crippen LogP contribution in [0.3, 0.4) is 0 Å². The summed E-state index contributed by atoms with van der Waals surface area (Å²) in [7, 11) is 0. The van der Waals surface area contributed by atoms with Gasteiger partial charge in [0.1, 0.15) is 5.56 Å². The highest BCUT2D eigenvalue weighted by molar-refractivity contribution is 5.96. The van der Waals surface area contributed by atoms with E-state index in [0.29, 0.717) is 0 Å². The molecular formula is C11H10N2O4. The first-order valence-corrected chi connectivity index (χ1v) is 4.88. The number of hydrogen-bond donors (Lipinski definition) is 0. The molecule has 0 amide bonds. The van der Waals surface area contributed by atoms with Gasteiger partial charge in [0.2, 0.25) is 0 Å². The molecule has 0 unspecified atom stereocenters. The van der Waals surface area contributed by atoms with Crippen molar-refractivity contribution in [1.29, 1.82) is 5.26 Å². The van der Waals surface area contributed by atoms with E-state index in [4.69, 9.17) is 10.00 Å². The minimum atomic E-state index is -0.784. The number of carbonyl (C=O) groups is 1. The highest BCUT2D eigenvalue weighted by Gasteiger charge is 2.25. The third kappa shape index (κ3) is 2.39. The molecule has 0 atom stereocenters. The number of nitriles is 1. The summed E-state index contributed by atoms with van der Waals surface area (Å²) in [5.74, 6) is -0.784. The van der Waals surface area contributed by atoms with Crippen LogP contribution in [0.2, 0.25) is 0 Å². The zero-order chi connectivity index (χ0) is 13.0. The number of carbonyl (C=O) groups excluding carboxylic acids is 1. The van der Waals surface area contributed by atoms with Gasteiger partial charge in [-0.25, -0.2) is 4.79 Å². The van der Waals surface area contributed by atoms with Crippen LogP contribution in [0.25, 0.3) is 0 Å². The van der Waals surface area contributed by atoms with E-state index in [2.05, 4.69) is 0 Å². The lowest BCUT2D eigenvalue weighted by Gasteiger charge is -2.07. The molecule has 0 aliphatic heterocycles. The lowest BCUT2D eigenvalue weighted by molar-refractivity contribution is -0.385. The lowest BCUT2D eigenvalue weighted by Crippen LogP contribution is -2.11. The smallest absolute Gasteiger partial charge is 0.345 e. The molecule has 17 heavy (non-hydrogen) atoms. The van der Waals surface area contributed by atoms with Gasteiger partial charge in [-0.1, -0.05) is 0 Å². The Morgan fingerprint density at radius 1 is 1.59 bits per heavy atom. The fourth-order valence-corrected chi connectivity index (χ4v) is 1.43. The molecule has 1 aromatic carbocycles. The second-order valence-electron chi connectivity index (χ2n) is 3.22. The SMILES string of the molecule is CCOC(=O)c1c([N+](=O)[O-])ccc(C#N)c1C. The van der Waals surface area contributed by atoms with Crippen molar-refractivity contribution in [3.63, 3.8) is 0 Å². The second kappa shape index (κ2) is 5.07. The van der Waals surface area contributed by atoms with E-state index < -0.39 is 10.9 Å². The molecular weight excluding hydrogens is 224 g/mol. The quantitative estimate of drug-likeness (QED) is 0.452. The fraction of sp³-hybridized carbons (Fsp3) is 0.273. The molecule has 0 heterocycles. The summed E-state index contributed by atoms with van der Waals surface area (Å²) in [5, 5.41) is 19.6. The molecule has 0 fully saturated rings. The van der Waals surface area contributed by atoms with E-state index in [-0.39, 0.29) is 29.0 Å². The normalized spacial score (nSPS) is 9.47. The van der Waals surface area contributed by atoms with Crippen molar-refractivity contribution >= 4 is 11.7 Å². The Morgan fingerprint density at radius 3 is 2.71 bits per heavy atom. The average Bonchev–Trinajstić information content (AvgIpc) is 2.28. The van der Waals surface area contributed by atoms with Crippen LogP contribution in [-0.4, -0.2) is 17.5 Å². The Labute approximate surface area is 97.6 Å². The van der Waals surface area contributed by atoms with Gasteiger partial charge in [-0.05, 0) is 25.5 Å². The number of nitro groups is 1. The number of esters is 1.